The Morgan fingerprint density at radius 2 is 1.49 bits per heavy atom. The van der Waals surface area contributed by atoms with Crippen molar-refractivity contribution in [3.8, 4) is 0 Å². The van der Waals surface area contributed by atoms with Crippen LogP contribution < -0.4 is 21.3 Å². The minimum atomic E-state index is -1.13. The molecule has 1 saturated heterocycles. The zero-order valence-electron chi connectivity index (χ0n) is 31.0. The molecular formula is C35H57N5O9. The van der Waals surface area contributed by atoms with Gasteiger partial charge in [-0.25, -0.2) is 4.79 Å². The molecule has 5 amide bonds. The van der Waals surface area contributed by atoms with E-state index in [-0.39, 0.29) is 61.2 Å². The van der Waals surface area contributed by atoms with Crippen molar-refractivity contribution < 1.29 is 43.0 Å². The number of likely N-dealkylation sites (tertiary alicyclic amines) is 1. The van der Waals surface area contributed by atoms with E-state index in [0.29, 0.717) is 0 Å². The largest absolute Gasteiger partial charge is 0.462 e. The smallest absolute Gasteiger partial charge is 0.325 e. The van der Waals surface area contributed by atoms with E-state index < -0.39 is 70.6 Å². The lowest BCUT2D eigenvalue weighted by molar-refractivity contribution is -0.155. The molecule has 14 nitrogen and oxygen atoms in total. The summed E-state index contributed by atoms with van der Waals surface area (Å²) in [7, 11) is 0. The number of esters is 2. The number of fused-ring (bicyclic) bond motifs is 1. The average Bonchev–Trinajstić information content (AvgIpc) is 3.84. The Balaban J connectivity index is 1.76. The molecule has 3 fully saturated rings. The molecule has 0 spiro atoms. The highest BCUT2D eigenvalue weighted by atomic mass is 16.6. The van der Waals surface area contributed by atoms with E-state index in [1.54, 1.807) is 55.4 Å². The normalized spacial score (nSPS) is 22.9. The number of Topliss-reactive ketones (excluding diaryl/α,β-unsaturated/α-hetero) is 1. The topological polar surface area (TPSA) is 189 Å². The first-order valence-electron chi connectivity index (χ1n) is 17.3. The van der Waals surface area contributed by atoms with Crippen LogP contribution in [0.25, 0.3) is 0 Å². The molecule has 0 radical (unpaired) electrons. The van der Waals surface area contributed by atoms with Crippen molar-refractivity contribution in [3.63, 3.8) is 0 Å². The third-order valence-electron chi connectivity index (χ3n) is 9.64. The maximum Gasteiger partial charge on any atom is 0.325 e. The fraction of sp³-hybridized carbons (Fsp3) is 0.800. The van der Waals surface area contributed by atoms with E-state index in [9.17, 15) is 33.6 Å². The number of carbonyl (C=O) groups is 7. The van der Waals surface area contributed by atoms with Gasteiger partial charge < -0.3 is 35.6 Å². The molecule has 0 aromatic carbocycles. The van der Waals surface area contributed by atoms with Crippen molar-refractivity contribution in [2.75, 3.05) is 19.6 Å². The molecule has 14 heteroatoms. The lowest BCUT2D eigenvalue weighted by Crippen LogP contribution is -2.62. The Morgan fingerprint density at radius 3 is 2.02 bits per heavy atom. The van der Waals surface area contributed by atoms with Crippen molar-refractivity contribution in [3.05, 3.63) is 0 Å². The van der Waals surface area contributed by atoms with Gasteiger partial charge in [-0.15, -0.1) is 0 Å². The lowest BCUT2D eigenvalue weighted by Gasteiger charge is -2.38. The van der Waals surface area contributed by atoms with Crippen molar-refractivity contribution in [2.45, 2.75) is 125 Å². The van der Waals surface area contributed by atoms with Crippen LogP contribution in [-0.2, 0) is 38.2 Å². The predicted molar refractivity (Wildman–Crippen MR) is 180 cm³/mol. The summed E-state index contributed by atoms with van der Waals surface area (Å²) in [5, 5.41) is 10.5. The molecule has 3 aliphatic rings. The number of nitrogens with zero attached hydrogens (tertiary/aromatic N) is 1. The maximum atomic E-state index is 14.2. The van der Waals surface area contributed by atoms with Crippen LogP contribution in [-0.4, -0.2) is 95.8 Å². The van der Waals surface area contributed by atoms with E-state index in [1.165, 1.54) is 4.90 Å². The Bertz CT molecular complexity index is 1310. The molecular weight excluding hydrogens is 634 g/mol. The quantitative estimate of drug-likeness (QED) is 0.156. The highest BCUT2D eigenvalue weighted by molar-refractivity contribution is 6.38. The number of ketones is 1. The predicted octanol–water partition coefficient (Wildman–Crippen LogP) is 2.08. The first-order valence-corrected chi connectivity index (χ1v) is 17.3. The van der Waals surface area contributed by atoms with Gasteiger partial charge in [0.2, 0.25) is 17.6 Å². The first kappa shape index (κ1) is 39.7. The van der Waals surface area contributed by atoms with Crippen molar-refractivity contribution in [2.24, 2.45) is 34.5 Å². The molecule has 2 saturated carbocycles. The van der Waals surface area contributed by atoms with Gasteiger partial charge in [-0.3, -0.25) is 28.8 Å². The molecule has 49 heavy (non-hydrogen) atoms. The van der Waals surface area contributed by atoms with E-state index in [4.69, 9.17) is 9.47 Å². The van der Waals surface area contributed by atoms with E-state index in [1.807, 2.05) is 20.8 Å². The molecule has 4 N–H and O–H groups in total. The summed E-state index contributed by atoms with van der Waals surface area (Å²) < 4.78 is 10.3. The van der Waals surface area contributed by atoms with Crippen LogP contribution >= 0.6 is 0 Å². The highest BCUT2D eigenvalue weighted by Gasteiger charge is 2.70. The molecule has 0 bridgehead atoms. The summed E-state index contributed by atoms with van der Waals surface area (Å²) in [5.74, 6) is -4.21. The van der Waals surface area contributed by atoms with Crippen molar-refractivity contribution >= 4 is 41.5 Å². The summed E-state index contributed by atoms with van der Waals surface area (Å²) in [6.45, 7) is 19.6. The highest BCUT2D eigenvalue weighted by Crippen LogP contribution is 2.65. The Kier molecular flexibility index (Phi) is 12.2. The lowest BCUT2D eigenvalue weighted by atomic mass is 9.85. The fourth-order valence-corrected chi connectivity index (χ4v) is 6.73. The number of amides is 5. The second kappa shape index (κ2) is 15.0. The molecule has 1 heterocycles. The van der Waals surface area contributed by atoms with Crippen LogP contribution in [0.5, 0.6) is 0 Å². The fourth-order valence-electron chi connectivity index (χ4n) is 6.73. The van der Waals surface area contributed by atoms with Crippen molar-refractivity contribution in [1.29, 1.82) is 0 Å². The SMILES string of the molecule is CC(C)OC(=O)CNC(=O)N[C@H](C(=O)N1C[C@H]2[C@@H]([C@H]1C(=O)N[C@H](C(=O)C(=O)NCCC(=O)OC(C)(C)C)[C@H](C)C1CC1)C2(C)C)C(C)(C)C. The molecule has 0 aromatic rings. The van der Waals surface area contributed by atoms with Crippen LogP contribution in [0.1, 0.15) is 95.4 Å². The van der Waals surface area contributed by atoms with Gasteiger partial charge in [-0.2, -0.15) is 0 Å². The summed E-state index contributed by atoms with van der Waals surface area (Å²) in [6.07, 6.45) is 1.26. The zero-order chi connectivity index (χ0) is 37.2. The number of hydrogen-bond acceptors (Lipinski definition) is 9. The molecule has 0 aromatic heterocycles. The number of ether oxygens (including phenoxy) is 2. The van der Waals surface area contributed by atoms with Gasteiger partial charge >= 0.3 is 18.0 Å². The second-order valence-corrected chi connectivity index (χ2v) is 16.7. The Hall–Kier alpha value is -3.71. The first-order chi connectivity index (χ1) is 22.5. The van der Waals surface area contributed by atoms with Gasteiger partial charge in [0.25, 0.3) is 5.91 Å². The number of urea groups is 1. The Labute approximate surface area is 289 Å². The molecule has 6 atom stereocenters. The molecule has 276 valence electrons. The monoisotopic (exact) mass is 691 g/mol. The van der Waals surface area contributed by atoms with E-state index in [0.717, 1.165) is 12.8 Å². The van der Waals surface area contributed by atoms with Gasteiger partial charge in [-0.05, 0) is 82.0 Å². The maximum absolute atomic E-state index is 14.2. The zero-order valence-corrected chi connectivity index (χ0v) is 31.0. The number of hydrogen-bond donors (Lipinski definition) is 4. The van der Waals surface area contributed by atoms with Gasteiger partial charge in [-0.1, -0.05) is 41.5 Å². The minimum Gasteiger partial charge on any atom is -0.462 e. The van der Waals surface area contributed by atoms with Crippen LogP contribution in [0.4, 0.5) is 4.79 Å². The molecule has 1 aliphatic heterocycles. The number of carbonyl (C=O) groups excluding carboxylic acids is 7. The standard InChI is InChI=1S/C35H57N5O9/c1-18(2)48-23(42)16-37-32(47)39-28(33(4,5)6)31(46)40-17-21-24(35(21,10)11)26(40)29(44)38-25(19(3)20-12-13-20)27(43)30(45)36-15-14-22(41)49-34(7,8)9/h18-21,24-26,28H,12-17H2,1-11H3,(H,36,45)(H,38,44)(H2,37,39,47)/t19-,21+,24+,25+,26+,28-/m1/s1. The van der Waals surface area contributed by atoms with Crippen molar-refractivity contribution in [1.82, 2.24) is 26.2 Å². The summed E-state index contributed by atoms with van der Waals surface area (Å²) >= 11 is 0. The molecule has 0 unspecified atom stereocenters. The molecule has 2 aliphatic carbocycles. The van der Waals surface area contributed by atoms with Crippen LogP contribution in [0.3, 0.4) is 0 Å². The van der Waals surface area contributed by atoms with Crippen LogP contribution in [0, 0.1) is 34.5 Å². The Morgan fingerprint density at radius 1 is 0.878 bits per heavy atom. The summed E-state index contributed by atoms with van der Waals surface area (Å²) in [5.41, 5.74) is -1.69. The summed E-state index contributed by atoms with van der Waals surface area (Å²) in [4.78, 5) is 93.2. The minimum absolute atomic E-state index is 0.0265. The number of nitrogens with one attached hydrogen (secondary N) is 4. The molecule has 3 rings (SSSR count). The van der Waals surface area contributed by atoms with E-state index in [2.05, 4.69) is 21.3 Å². The van der Waals surface area contributed by atoms with Gasteiger partial charge in [0.05, 0.1) is 12.5 Å². The van der Waals surface area contributed by atoms with E-state index >= 15 is 0 Å². The second-order valence-electron chi connectivity index (χ2n) is 16.7. The average molecular weight is 692 g/mol. The van der Waals surface area contributed by atoms with Gasteiger partial charge in [0.15, 0.2) is 0 Å². The van der Waals surface area contributed by atoms with Crippen LogP contribution in [0.15, 0.2) is 0 Å². The van der Waals surface area contributed by atoms with Crippen LogP contribution in [0.2, 0.25) is 0 Å². The number of piperidine rings is 1. The third kappa shape index (κ3) is 10.4. The van der Waals surface area contributed by atoms with Gasteiger partial charge in [0.1, 0.15) is 30.3 Å². The number of rotatable bonds is 14. The third-order valence-corrected chi connectivity index (χ3v) is 9.64. The summed E-state index contributed by atoms with van der Waals surface area (Å²) in [6, 6.07) is -3.85. The van der Waals surface area contributed by atoms with Gasteiger partial charge in [0, 0.05) is 13.1 Å².